The summed E-state index contributed by atoms with van der Waals surface area (Å²) in [5.41, 5.74) is 1.74. The van der Waals surface area contributed by atoms with Gasteiger partial charge in [0.15, 0.2) is 0 Å². The maximum Gasteiger partial charge on any atom is 0.254 e. The molecule has 0 aliphatic carbocycles. The average molecular weight is 380 g/mol. The Hall–Kier alpha value is -2.06. The molecule has 120 valence electrons. The second-order valence-electron chi connectivity index (χ2n) is 5.10. The highest BCUT2D eigenvalue weighted by molar-refractivity contribution is 9.10. The molecule has 0 bridgehead atoms. The van der Waals surface area contributed by atoms with Crippen LogP contribution in [0.25, 0.3) is 5.78 Å². The van der Waals surface area contributed by atoms with Crippen molar-refractivity contribution in [1.82, 2.24) is 19.6 Å². The van der Waals surface area contributed by atoms with Crippen LogP contribution in [-0.4, -0.2) is 33.7 Å². The van der Waals surface area contributed by atoms with Gasteiger partial charge in [-0.2, -0.15) is 14.6 Å². The van der Waals surface area contributed by atoms with Crippen LogP contribution in [0, 0.1) is 5.82 Å². The fourth-order valence-electron chi connectivity index (χ4n) is 2.32. The predicted octanol–water partition coefficient (Wildman–Crippen LogP) is 2.81. The number of aromatic nitrogens is 4. The number of halogens is 2. The van der Waals surface area contributed by atoms with Gasteiger partial charge in [-0.15, -0.1) is 0 Å². The molecule has 0 aliphatic heterocycles. The van der Waals surface area contributed by atoms with E-state index in [0.29, 0.717) is 18.9 Å². The first-order chi connectivity index (χ1) is 11.1. The number of hydrogen-bond donors (Lipinski definition) is 0. The summed E-state index contributed by atoms with van der Waals surface area (Å²) in [5, 5.41) is 4.21. The minimum Gasteiger partial charge on any atom is -0.378 e. The Morgan fingerprint density at radius 1 is 1.35 bits per heavy atom. The van der Waals surface area contributed by atoms with Crippen LogP contribution in [0.4, 0.5) is 10.2 Å². The van der Waals surface area contributed by atoms with Gasteiger partial charge in [0.1, 0.15) is 18.0 Å². The summed E-state index contributed by atoms with van der Waals surface area (Å²) in [6, 6.07) is 6.56. The third-order valence-electron chi connectivity index (χ3n) is 3.39. The van der Waals surface area contributed by atoms with E-state index in [2.05, 4.69) is 31.0 Å². The van der Waals surface area contributed by atoms with Crippen molar-refractivity contribution in [1.29, 1.82) is 0 Å². The molecule has 3 aromatic rings. The minimum atomic E-state index is -0.270. The van der Waals surface area contributed by atoms with E-state index in [1.807, 2.05) is 18.0 Å². The van der Waals surface area contributed by atoms with Crippen molar-refractivity contribution in [2.75, 3.05) is 19.1 Å². The molecule has 0 fully saturated rings. The molecule has 2 heterocycles. The molecular weight excluding hydrogens is 365 g/mol. The quantitative estimate of drug-likeness (QED) is 0.682. The lowest BCUT2D eigenvalue weighted by Gasteiger charge is -2.21. The number of anilines is 1. The number of hydrogen-bond acceptors (Lipinski definition) is 5. The third kappa shape index (κ3) is 3.32. The molecule has 0 saturated carbocycles. The normalized spacial score (nSPS) is 11.1. The number of fused-ring (bicyclic) bond motifs is 1. The fraction of sp³-hybridized carbons (Fsp3) is 0.267. The number of nitrogens with zero attached hydrogens (tertiary/aromatic N) is 5. The molecule has 0 radical (unpaired) electrons. The van der Waals surface area contributed by atoms with E-state index in [0.717, 1.165) is 21.5 Å². The first-order valence-electron chi connectivity index (χ1n) is 6.92. The van der Waals surface area contributed by atoms with Crippen LogP contribution in [0.5, 0.6) is 0 Å². The molecule has 23 heavy (non-hydrogen) atoms. The smallest absolute Gasteiger partial charge is 0.254 e. The maximum absolute atomic E-state index is 13.2. The number of benzene rings is 1. The van der Waals surface area contributed by atoms with Gasteiger partial charge in [0.2, 0.25) is 0 Å². The monoisotopic (exact) mass is 379 g/mol. The van der Waals surface area contributed by atoms with Gasteiger partial charge in [0, 0.05) is 31.2 Å². The second kappa shape index (κ2) is 6.59. The standard InChI is InChI=1S/C15H15BrFN5O/c1-21(7-10-3-4-11(17)5-13(10)16)14-6-12(8-23-2)20-15-18-9-19-22(14)15/h3-6,9H,7-8H2,1-2H3. The Balaban J connectivity index is 1.96. The predicted molar refractivity (Wildman–Crippen MR) is 87.7 cm³/mol. The Morgan fingerprint density at radius 2 is 2.17 bits per heavy atom. The molecule has 0 atom stereocenters. The van der Waals surface area contributed by atoms with Crippen molar-refractivity contribution >= 4 is 27.5 Å². The highest BCUT2D eigenvalue weighted by Gasteiger charge is 2.13. The summed E-state index contributed by atoms with van der Waals surface area (Å²) in [6.07, 6.45) is 1.46. The summed E-state index contributed by atoms with van der Waals surface area (Å²) in [7, 11) is 3.55. The van der Waals surface area contributed by atoms with E-state index < -0.39 is 0 Å². The lowest BCUT2D eigenvalue weighted by molar-refractivity contribution is 0.181. The van der Waals surface area contributed by atoms with E-state index in [-0.39, 0.29) is 5.82 Å². The van der Waals surface area contributed by atoms with Crippen LogP contribution in [-0.2, 0) is 17.9 Å². The Labute approximate surface area is 141 Å². The molecule has 0 unspecified atom stereocenters. The summed E-state index contributed by atoms with van der Waals surface area (Å²) in [6.45, 7) is 0.969. The highest BCUT2D eigenvalue weighted by atomic mass is 79.9. The van der Waals surface area contributed by atoms with Gasteiger partial charge in [-0.3, -0.25) is 0 Å². The van der Waals surface area contributed by atoms with Crippen molar-refractivity contribution in [3.63, 3.8) is 0 Å². The van der Waals surface area contributed by atoms with Gasteiger partial charge < -0.3 is 9.64 Å². The fourth-order valence-corrected chi connectivity index (χ4v) is 2.80. The van der Waals surface area contributed by atoms with Crippen molar-refractivity contribution in [3.05, 3.63) is 52.1 Å². The van der Waals surface area contributed by atoms with E-state index in [1.165, 1.54) is 18.5 Å². The van der Waals surface area contributed by atoms with Crippen LogP contribution in [0.3, 0.4) is 0 Å². The van der Waals surface area contributed by atoms with Gasteiger partial charge in [-0.1, -0.05) is 22.0 Å². The largest absolute Gasteiger partial charge is 0.378 e. The summed E-state index contributed by atoms with van der Waals surface area (Å²) in [4.78, 5) is 10.5. The zero-order chi connectivity index (χ0) is 16.4. The van der Waals surface area contributed by atoms with Gasteiger partial charge in [0.05, 0.1) is 12.3 Å². The Morgan fingerprint density at radius 3 is 2.91 bits per heavy atom. The van der Waals surface area contributed by atoms with Crippen LogP contribution < -0.4 is 4.90 Å². The van der Waals surface area contributed by atoms with Crippen LogP contribution >= 0.6 is 15.9 Å². The minimum absolute atomic E-state index is 0.270. The van der Waals surface area contributed by atoms with Crippen molar-refractivity contribution in [2.24, 2.45) is 0 Å². The van der Waals surface area contributed by atoms with E-state index >= 15 is 0 Å². The van der Waals surface area contributed by atoms with Crippen molar-refractivity contribution in [2.45, 2.75) is 13.2 Å². The molecule has 2 aromatic heterocycles. The Bertz CT molecular complexity index is 838. The summed E-state index contributed by atoms with van der Waals surface area (Å²) in [5.74, 6) is 1.07. The molecule has 0 amide bonds. The molecule has 8 heteroatoms. The molecule has 3 rings (SSSR count). The maximum atomic E-state index is 13.2. The lowest BCUT2D eigenvalue weighted by Crippen LogP contribution is -2.21. The van der Waals surface area contributed by atoms with Gasteiger partial charge in [0.25, 0.3) is 5.78 Å². The van der Waals surface area contributed by atoms with Crippen molar-refractivity contribution < 1.29 is 9.13 Å². The molecule has 1 aromatic carbocycles. The lowest BCUT2D eigenvalue weighted by atomic mass is 10.2. The van der Waals surface area contributed by atoms with Crippen molar-refractivity contribution in [3.8, 4) is 0 Å². The molecule has 0 N–H and O–H groups in total. The topological polar surface area (TPSA) is 55.6 Å². The SMILES string of the molecule is COCc1cc(N(C)Cc2ccc(F)cc2Br)n2ncnc2n1. The molecule has 0 saturated heterocycles. The van der Waals surface area contributed by atoms with Gasteiger partial charge in [-0.05, 0) is 17.7 Å². The molecule has 0 spiro atoms. The number of rotatable bonds is 5. The van der Waals surface area contributed by atoms with Crippen LogP contribution in [0.15, 0.2) is 35.1 Å². The van der Waals surface area contributed by atoms with Crippen LogP contribution in [0.1, 0.15) is 11.3 Å². The summed E-state index contributed by atoms with van der Waals surface area (Å²) < 4.78 is 20.8. The first-order valence-corrected chi connectivity index (χ1v) is 7.71. The van der Waals surface area contributed by atoms with E-state index in [9.17, 15) is 4.39 Å². The zero-order valence-corrected chi connectivity index (χ0v) is 14.3. The van der Waals surface area contributed by atoms with Gasteiger partial charge >= 0.3 is 0 Å². The summed E-state index contributed by atoms with van der Waals surface area (Å²) >= 11 is 3.40. The highest BCUT2D eigenvalue weighted by Crippen LogP contribution is 2.23. The third-order valence-corrected chi connectivity index (χ3v) is 4.13. The molecule has 0 aliphatic rings. The first kappa shape index (κ1) is 15.8. The van der Waals surface area contributed by atoms with E-state index in [1.54, 1.807) is 17.7 Å². The Kier molecular flexibility index (Phi) is 4.53. The van der Waals surface area contributed by atoms with E-state index in [4.69, 9.17) is 4.74 Å². The number of ether oxygens (including phenoxy) is 1. The van der Waals surface area contributed by atoms with Crippen LogP contribution in [0.2, 0.25) is 0 Å². The molecular formula is C15H15BrFN5O. The molecule has 6 nitrogen and oxygen atoms in total. The number of methoxy groups -OCH3 is 1. The zero-order valence-electron chi connectivity index (χ0n) is 12.7. The van der Waals surface area contributed by atoms with Gasteiger partial charge in [-0.25, -0.2) is 9.37 Å². The average Bonchev–Trinajstić information content (AvgIpc) is 2.98. The second-order valence-corrected chi connectivity index (χ2v) is 5.96.